The van der Waals surface area contributed by atoms with E-state index in [0.29, 0.717) is 0 Å². The van der Waals surface area contributed by atoms with Gasteiger partial charge in [-0.2, -0.15) is 0 Å². The number of benzene rings is 1. The van der Waals surface area contributed by atoms with Gasteiger partial charge in [-0.25, -0.2) is 0 Å². The van der Waals surface area contributed by atoms with Crippen molar-refractivity contribution >= 4 is 20.0 Å². The molecule has 3 heteroatoms. The van der Waals surface area contributed by atoms with Crippen molar-refractivity contribution in [1.82, 2.24) is 0 Å². The maximum atomic E-state index is 12.1. The van der Waals surface area contributed by atoms with Crippen LogP contribution >= 0.6 is 0 Å². The zero-order valence-corrected chi connectivity index (χ0v) is 7.10. The topological polar surface area (TPSA) is 17.1 Å². The SMILES string of the molecule is O=[AsH2]c1ccc(F)cc1. The summed E-state index contributed by atoms with van der Waals surface area (Å²) in [7, 11) is 0. The molecule has 0 radical (unpaired) electrons. The van der Waals surface area contributed by atoms with Crippen molar-refractivity contribution in [3.63, 3.8) is 0 Å². The molecule has 0 heterocycles. The van der Waals surface area contributed by atoms with Gasteiger partial charge in [0.05, 0.1) is 0 Å². The standard InChI is InChI=1S/C6H6AsFO/c8-6-3-1-5(7-9)2-4-6/h1-4H,7H2. The van der Waals surface area contributed by atoms with Gasteiger partial charge >= 0.3 is 58.3 Å². The van der Waals surface area contributed by atoms with Crippen LogP contribution in [0.15, 0.2) is 24.3 Å². The Morgan fingerprint density at radius 2 is 1.78 bits per heavy atom. The second-order valence-electron chi connectivity index (χ2n) is 1.67. The van der Waals surface area contributed by atoms with Crippen LogP contribution in [0.25, 0.3) is 0 Å². The molecular formula is C6H6AsFO. The molecule has 1 atom stereocenters. The predicted molar refractivity (Wildman–Crippen MR) is 35.3 cm³/mol. The van der Waals surface area contributed by atoms with E-state index in [1.54, 1.807) is 12.1 Å². The summed E-state index contributed by atoms with van der Waals surface area (Å²) in [5, 5.41) is 0. The van der Waals surface area contributed by atoms with E-state index in [0.717, 1.165) is 4.35 Å². The molecule has 1 nitrogen and oxygen atoms in total. The summed E-state index contributed by atoms with van der Waals surface area (Å²) in [4.78, 5) is 0. The number of halogens is 1. The first-order valence-corrected chi connectivity index (χ1v) is 4.74. The first kappa shape index (κ1) is 6.63. The number of rotatable bonds is 1. The van der Waals surface area contributed by atoms with Crippen LogP contribution in [0.3, 0.4) is 0 Å². The molecule has 1 aromatic rings. The van der Waals surface area contributed by atoms with Crippen molar-refractivity contribution < 1.29 is 8.13 Å². The molecule has 1 rings (SSSR count). The van der Waals surface area contributed by atoms with Crippen LogP contribution in [0.5, 0.6) is 0 Å². The summed E-state index contributed by atoms with van der Waals surface area (Å²) in [6.45, 7) is 0. The zero-order valence-electron chi connectivity index (χ0n) is 4.67. The predicted octanol–water partition coefficient (Wildman–Crippen LogP) is -0.0347. The van der Waals surface area contributed by atoms with Gasteiger partial charge in [0.25, 0.3) is 0 Å². The van der Waals surface area contributed by atoms with Crippen LogP contribution in [-0.4, -0.2) is 15.7 Å². The summed E-state index contributed by atoms with van der Waals surface area (Å²) in [5.41, 5.74) is 0. The normalized spacial score (nSPS) is 10.8. The van der Waals surface area contributed by atoms with E-state index in [4.69, 9.17) is 0 Å². The molecule has 0 saturated carbocycles. The fourth-order valence-electron chi connectivity index (χ4n) is 0.541. The summed E-state index contributed by atoms with van der Waals surface area (Å²) >= 11 is -1.47. The quantitative estimate of drug-likeness (QED) is 0.565. The number of hydrogen-bond acceptors (Lipinski definition) is 1. The molecule has 48 valence electrons. The van der Waals surface area contributed by atoms with Crippen LogP contribution in [0, 0.1) is 5.82 Å². The number of hydrogen-bond donors (Lipinski definition) is 0. The fourth-order valence-corrected chi connectivity index (χ4v) is 1.27. The van der Waals surface area contributed by atoms with E-state index in [9.17, 15) is 8.13 Å². The monoisotopic (exact) mass is 188 g/mol. The van der Waals surface area contributed by atoms with Gasteiger partial charge < -0.3 is 0 Å². The van der Waals surface area contributed by atoms with Gasteiger partial charge in [-0.05, 0) is 0 Å². The summed E-state index contributed by atoms with van der Waals surface area (Å²) in [6.07, 6.45) is 0. The van der Waals surface area contributed by atoms with Crippen molar-refractivity contribution in [2.24, 2.45) is 0 Å². The maximum absolute atomic E-state index is 12.1. The van der Waals surface area contributed by atoms with Gasteiger partial charge in [-0.3, -0.25) is 0 Å². The molecule has 9 heavy (non-hydrogen) atoms. The second kappa shape index (κ2) is 2.88. The molecule has 1 unspecified atom stereocenters. The third-order valence-electron chi connectivity index (χ3n) is 1.01. The van der Waals surface area contributed by atoms with Gasteiger partial charge in [0.2, 0.25) is 0 Å². The van der Waals surface area contributed by atoms with Crippen molar-refractivity contribution in [1.29, 1.82) is 0 Å². The van der Waals surface area contributed by atoms with E-state index in [1.807, 2.05) is 0 Å². The van der Waals surface area contributed by atoms with Crippen molar-refractivity contribution in [3.05, 3.63) is 30.1 Å². The summed E-state index contributed by atoms with van der Waals surface area (Å²) < 4.78 is 23.2. The Balaban J connectivity index is 3.01. The summed E-state index contributed by atoms with van der Waals surface area (Å²) in [5.74, 6) is -0.274. The molecule has 0 aliphatic heterocycles. The fraction of sp³-hybridized carbons (Fsp3) is 0. The Labute approximate surface area is 58.8 Å². The Bertz CT molecular complexity index is 207. The minimum atomic E-state index is -1.47. The molecule has 0 fully saturated rings. The van der Waals surface area contributed by atoms with Crippen molar-refractivity contribution in [2.45, 2.75) is 0 Å². The molecule has 0 aromatic heterocycles. The van der Waals surface area contributed by atoms with Gasteiger partial charge in [0.15, 0.2) is 0 Å². The first-order chi connectivity index (χ1) is 4.33. The molecule has 0 aliphatic rings. The van der Waals surface area contributed by atoms with Gasteiger partial charge in [-0.15, -0.1) is 0 Å². The first-order valence-electron chi connectivity index (χ1n) is 2.53. The van der Waals surface area contributed by atoms with E-state index in [-0.39, 0.29) is 5.82 Å². The third-order valence-corrected chi connectivity index (χ3v) is 2.38. The molecule has 1 aromatic carbocycles. The van der Waals surface area contributed by atoms with E-state index < -0.39 is 15.7 Å². The summed E-state index contributed by atoms with van der Waals surface area (Å²) in [6, 6.07) is 5.76. The Morgan fingerprint density at radius 1 is 1.22 bits per heavy atom. The van der Waals surface area contributed by atoms with E-state index in [2.05, 4.69) is 0 Å². The average Bonchev–Trinajstić information content (AvgIpc) is 1.90. The molecule has 0 N–H and O–H groups in total. The van der Waals surface area contributed by atoms with Gasteiger partial charge in [0.1, 0.15) is 0 Å². The van der Waals surface area contributed by atoms with Crippen molar-refractivity contribution in [2.75, 3.05) is 0 Å². The Kier molecular flexibility index (Phi) is 2.12. The molecule has 0 aliphatic carbocycles. The van der Waals surface area contributed by atoms with Crippen LogP contribution < -0.4 is 4.35 Å². The van der Waals surface area contributed by atoms with Gasteiger partial charge in [-0.1, -0.05) is 0 Å². The van der Waals surface area contributed by atoms with Crippen LogP contribution in [0.2, 0.25) is 0 Å². The molecule has 0 spiro atoms. The molecule has 0 bridgehead atoms. The Morgan fingerprint density at radius 3 is 2.22 bits per heavy atom. The van der Waals surface area contributed by atoms with E-state index in [1.165, 1.54) is 12.1 Å². The van der Waals surface area contributed by atoms with Crippen LogP contribution in [0.1, 0.15) is 0 Å². The zero-order chi connectivity index (χ0) is 6.69. The second-order valence-corrected chi connectivity index (χ2v) is 3.56. The average molecular weight is 188 g/mol. The van der Waals surface area contributed by atoms with Crippen LogP contribution in [0.4, 0.5) is 4.39 Å². The van der Waals surface area contributed by atoms with E-state index >= 15 is 0 Å². The molecule has 0 amide bonds. The van der Waals surface area contributed by atoms with Crippen LogP contribution in [-0.2, 0) is 3.74 Å². The van der Waals surface area contributed by atoms with Gasteiger partial charge in [0, 0.05) is 0 Å². The van der Waals surface area contributed by atoms with Crippen molar-refractivity contribution in [3.8, 4) is 0 Å². The molecular weight excluding hydrogens is 182 g/mol. The molecule has 0 saturated heterocycles. The Hall–Kier alpha value is -0.492. The third kappa shape index (κ3) is 1.72. The minimum absolute atomic E-state index is 0.274.